The second-order valence-electron chi connectivity index (χ2n) is 8.83. The van der Waals surface area contributed by atoms with Gasteiger partial charge in [-0.05, 0) is 7.05 Å². The van der Waals surface area contributed by atoms with Crippen LogP contribution in [0.3, 0.4) is 0 Å². The maximum atomic E-state index is 11.0. The van der Waals surface area contributed by atoms with E-state index in [1.807, 2.05) is 0 Å². The third-order valence-electron chi connectivity index (χ3n) is 6.62. The number of nitrogens with one attached hydrogen (secondary N) is 1. The highest BCUT2D eigenvalue weighted by molar-refractivity contribution is 4.99. The van der Waals surface area contributed by atoms with Crippen molar-refractivity contribution in [2.75, 3.05) is 26.9 Å². The van der Waals surface area contributed by atoms with Gasteiger partial charge in [0.15, 0.2) is 18.9 Å². The van der Waals surface area contributed by atoms with Crippen molar-refractivity contribution in [1.29, 1.82) is 0 Å². The summed E-state index contributed by atoms with van der Waals surface area (Å²) in [6.07, 6.45) is -16.2. The molecule has 16 heteroatoms. The summed E-state index contributed by atoms with van der Waals surface area (Å²) < 4.78 is 27.9. The number of nitrogens with two attached hydrogens (primary N) is 2. The van der Waals surface area contributed by atoms with Crippen LogP contribution in [0.1, 0.15) is 0 Å². The Hall–Kier alpha value is -0.640. The molecule has 0 aromatic heterocycles. The van der Waals surface area contributed by atoms with Crippen molar-refractivity contribution in [2.24, 2.45) is 11.5 Å². The summed E-state index contributed by atoms with van der Waals surface area (Å²) in [5.41, 5.74) is 11.6. The molecule has 0 amide bonds. The Kier molecular flexibility index (Phi) is 10.1. The molecule has 2 unspecified atom stereocenters. The number of aliphatic hydroxyl groups excluding tert-OH is 8. The van der Waals surface area contributed by atoms with Crippen LogP contribution in [0.25, 0.3) is 0 Å². The molecule has 3 saturated heterocycles. The van der Waals surface area contributed by atoms with Crippen molar-refractivity contribution in [3.63, 3.8) is 0 Å². The Morgan fingerprint density at radius 3 is 1.74 bits per heavy atom. The third-order valence-corrected chi connectivity index (χ3v) is 6.62. The summed E-state index contributed by atoms with van der Waals surface area (Å²) in [6, 6.07) is -3.53. The number of hydrogen-bond acceptors (Lipinski definition) is 16. The third kappa shape index (κ3) is 5.78. The molecule has 3 rings (SSSR count). The standard InChI is InChI=1S/C19H37N3O13/c1-22-10-14(29)16(34-18-9(21)12(27)11(26)5(2-23)32-18)7(4-25)33-19(10)35-15-6(3-24)31-17(30)8(20)13(15)28/h5-19,22-30H,2-4,20-21H2,1H3/t5-,6-,7-,8-,9-,10-,11-,12-,13-,14-,15?,16?,17-,18+,19+/m1/s1. The number of hydrogen-bond donors (Lipinski definition) is 11. The second kappa shape index (κ2) is 12.3. The maximum absolute atomic E-state index is 11.0. The molecule has 3 fully saturated rings. The van der Waals surface area contributed by atoms with Crippen LogP contribution in [0.15, 0.2) is 0 Å². The van der Waals surface area contributed by atoms with Crippen molar-refractivity contribution in [3.8, 4) is 0 Å². The quantitative estimate of drug-likeness (QED) is 0.143. The van der Waals surface area contributed by atoms with Crippen molar-refractivity contribution >= 4 is 0 Å². The Labute approximate surface area is 200 Å². The van der Waals surface area contributed by atoms with Gasteiger partial charge in [-0.15, -0.1) is 0 Å². The Morgan fingerprint density at radius 1 is 0.657 bits per heavy atom. The van der Waals surface area contributed by atoms with E-state index in [9.17, 15) is 40.9 Å². The molecule has 0 aromatic carbocycles. The molecular weight excluding hydrogens is 478 g/mol. The fourth-order valence-corrected chi connectivity index (χ4v) is 4.46. The van der Waals surface area contributed by atoms with Crippen LogP contribution >= 0.6 is 0 Å². The minimum absolute atomic E-state index is 0.628. The van der Waals surface area contributed by atoms with Gasteiger partial charge in [0, 0.05) is 0 Å². The van der Waals surface area contributed by atoms with E-state index in [0.29, 0.717) is 0 Å². The van der Waals surface area contributed by atoms with Crippen LogP contribution in [0.4, 0.5) is 0 Å². The van der Waals surface area contributed by atoms with E-state index in [4.69, 9.17) is 35.2 Å². The van der Waals surface area contributed by atoms with E-state index in [1.54, 1.807) is 0 Å². The predicted molar refractivity (Wildman–Crippen MR) is 112 cm³/mol. The molecule has 13 N–H and O–H groups in total. The van der Waals surface area contributed by atoms with Crippen LogP contribution in [0, 0.1) is 0 Å². The Bertz CT molecular complexity index is 663. The first-order valence-corrected chi connectivity index (χ1v) is 11.3. The highest BCUT2D eigenvalue weighted by Crippen LogP contribution is 2.31. The average Bonchev–Trinajstić information content (AvgIpc) is 2.85. The molecule has 3 heterocycles. The molecule has 0 aliphatic carbocycles. The molecule has 15 atom stereocenters. The van der Waals surface area contributed by atoms with Gasteiger partial charge in [-0.2, -0.15) is 0 Å². The summed E-state index contributed by atoms with van der Waals surface area (Å²) in [4.78, 5) is 0. The highest BCUT2D eigenvalue weighted by Gasteiger charge is 2.52. The van der Waals surface area contributed by atoms with E-state index in [2.05, 4.69) is 5.32 Å². The van der Waals surface area contributed by atoms with Gasteiger partial charge in [0.1, 0.15) is 54.9 Å². The monoisotopic (exact) mass is 515 g/mol. The van der Waals surface area contributed by atoms with Gasteiger partial charge in [0.05, 0.1) is 37.9 Å². The molecule has 206 valence electrons. The fraction of sp³-hybridized carbons (Fsp3) is 1.00. The Balaban J connectivity index is 1.76. The largest absolute Gasteiger partial charge is 0.394 e. The van der Waals surface area contributed by atoms with Crippen LogP contribution in [-0.4, -0.2) is 160 Å². The smallest absolute Gasteiger partial charge is 0.176 e. The molecular formula is C19H37N3O13. The fourth-order valence-electron chi connectivity index (χ4n) is 4.46. The van der Waals surface area contributed by atoms with Crippen LogP contribution in [0.5, 0.6) is 0 Å². The summed E-state index contributed by atoms with van der Waals surface area (Å²) >= 11 is 0. The van der Waals surface area contributed by atoms with Gasteiger partial charge < -0.3 is 81.3 Å². The summed E-state index contributed by atoms with van der Waals surface area (Å²) in [6.45, 7) is -1.93. The molecule has 0 saturated carbocycles. The molecule has 0 spiro atoms. The Morgan fingerprint density at radius 2 is 1.17 bits per heavy atom. The van der Waals surface area contributed by atoms with Gasteiger partial charge in [-0.25, -0.2) is 0 Å². The van der Waals surface area contributed by atoms with E-state index in [0.717, 1.165) is 0 Å². The lowest BCUT2D eigenvalue weighted by atomic mass is 9.94. The van der Waals surface area contributed by atoms with E-state index < -0.39 is 112 Å². The second-order valence-corrected chi connectivity index (χ2v) is 8.83. The van der Waals surface area contributed by atoms with Crippen LogP contribution in [0.2, 0.25) is 0 Å². The van der Waals surface area contributed by atoms with E-state index in [1.165, 1.54) is 7.05 Å². The lowest BCUT2D eigenvalue weighted by Gasteiger charge is -2.49. The molecule has 16 nitrogen and oxygen atoms in total. The van der Waals surface area contributed by atoms with Crippen LogP contribution in [-0.2, 0) is 23.7 Å². The minimum atomic E-state index is -1.54. The minimum Gasteiger partial charge on any atom is -0.394 e. The molecule has 3 aliphatic heterocycles. The SMILES string of the molecule is CN[C@H]1[C@H](OC2[C@@H](CO)O[C@@H](O)[C@H](N)[C@H]2O)O[C@H](CO)C(O[C@@H]2O[C@H](CO)[C@@H](O)[C@H](O)[C@H]2N)[C@@H]1O. The highest BCUT2D eigenvalue weighted by atomic mass is 16.7. The summed E-state index contributed by atoms with van der Waals surface area (Å²) in [7, 11) is 1.47. The molecule has 3 aliphatic rings. The van der Waals surface area contributed by atoms with E-state index in [-0.39, 0.29) is 0 Å². The number of ether oxygens (including phenoxy) is 5. The van der Waals surface area contributed by atoms with Crippen molar-refractivity contribution in [3.05, 3.63) is 0 Å². The number of aliphatic hydroxyl groups is 8. The zero-order valence-electron chi connectivity index (χ0n) is 19.1. The first-order chi connectivity index (χ1) is 16.6. The lowest BCUT2D eigenvalue weighted by Crippen LogP contribution is -2.69. The van der Waals surface area contributed by atoms with Crippen LogP contribution < -0.4 is 16.8 Å². The van der Waals surface area contributed by atoms with Crippen molar-refractivity contribution < 1.29 is 64.5 Å². The lowest BCUT2D eigenvalue weighted by molar-refractivity contribution is -0.350. The van der Waals surface area contributed by atoms with Gasteiger partial charge >= 0.3 is 0 Å². The van der Waals surface area contributed by atoms with E-state index >= 15 is 0 Å². The first-order valence-electron chi connectivity index (χ1n) is 11.3. The predicted octanol–water partition coefficient (Wildman–Crippen LogP) is -7.41. The van der Waals surface area contributed by atoms with Crippen molar-refractivity contribution in [2.45, 2.75) is 91.9 Å². The first kappa shape index (κ1) is 28.9. The topological polar surface area (TPSA) is 272 Å². The van der Waals surface area contributed by atoms with Gasteiger partial charge in [0.25, 0.3) is 0 Å². The normalized spacial score (nSPS) is 51.3. The molecule has 0 aromatic rings. The molecule has 0 bridgehead atoms. The van der Waals surface area contributed by atoms with Crippen molar-refractivity contribution in [1.82, 2.24) is 5.32 Å². The number of likely N-dealkylation sites (N-methyl/N-ethyl adjacent to an activating group) is 1. The maximum Gasteiger partial charge on any atom is 0.176 e. The zero-order valence-corrected chi connectivity index (χ0v) is 19.1. The van der Waals surface area contributed by atoms with Gasteiger partial charge in [-0.3, -0.25) is 0 Å². The van der Waals surface area contributed by atoms with Gasteiger partial charge in [0.2, 0.25) is 0 Å². The summed E-state index contributed by atoms with van der Waals surface area (Å²) in [5, 5.41) is 83.2. The van der Waals surface area contributed by atoms with Gasteiger partial charge in [-0.1, -0.05) is 0 Å². The molecule has 35 heavy (non-hydrogen) atoms. The number of rotatable bonds is 8. The molecule has 0 radical (unpaired) electrons. The average molecular weight is 516 g/mol. The summed E-state index contributed by atoms with van der Waals surface area (Å²) in [5.74, 6) is 0. The zero-order chi connectivity index (χ0) is 26.0.